The average molecular weight is 130 g/mol. The molecule has 54 valence electrons. The second-order valence-electron chi connectivity index (χ2n) is 1.74. The lowest BCUT2D eigenvalue weighted by Crippen LogP contribution is -1.98. The minimum Gasteiger partial charge on any atom is -0.394 e. The van der Waals surface area contributed by atoms with Gasteiger partial charge in [0, 0.05) is 0 Å². The molecule has 0 aliphatic carbocycles. The Morgan fingerprint density at radius 1 is 1.56 bits per heavy atom. The maximum Gasteiger partial charge on any atom is 0.0626 e. The molecule has 0 atom stereocenters. The highest BCUT2D eigenvalue weighted by atomic mass is 16.3. The van der Waals surface area contributed by atoms with Crippen LogP contribution >= 0.6 is 0 Å². The molecule has 3 nitrogen and oxygen atoms in total. The Morgan fingerprint density at radius 2 is 2.33 bits per heavy atom. The van der Waals surface area contributed by atoms with Crippen LogP contribution in [0.4, 0.5) is 0 Å². The molecule has 0 fully saturated rings. The first kappa shape index (κ1) is 8.59. The van der Waals surface area contributed by atoms with E-state index in [0.29, 0.717) is 13.1 Å². The molecule has 0 unspecified atom stereocenters. The zero-order valence-electron chi connectivity index (χ0n) is 5.58. The van der Waals surface area contributed by atoms with Crippen LogP contribution in [0.25, 0.3) is 0 Å². The molecular formula is C6H14N2O. The molecule has 0 saturated heterocycles. The van der Waals surface area contributed by atoms with E-state index in [0.717, 1.165) is 12.8 Å². The van der Waals surface area contributed by atoms with E-state index in [-0.39, 0.29) is 6.61 Å². The number of hydrogen-bond acceptors (Lipinski definition) is 3. The first-order chi connectivity index (χ1) is 4.41. The highest BCUT2D eigenvalue weighted by Crippen LogP contribution is 1.79. The molecule has 0 aliphatic heterocycles. The van der Waals surface area contributed by atoms with Crippen molar-refractivity contribution in [3.8, 4) is 0 Å². The summed E-state index contributed by atoms with van der Waals surface area (Å²) in [5.41, 5.74) is 5.23. The highest BCUT2D eigenvalue weighted by Gasteiger charge is 1.77. The Bertz CT molecular complexity index is 73.5. The first-order valence-electron chi connectivity index (χ1n) is 3.21. The van der Waals surface area contributed by atoms with Crippen molar-refractivity contribution in [2.24, 2.45) is 10.7 Å². The molecule has 0 radical (unpaired) electrons. The third kappa shape index (κ3) is 7.59. The Hall–Kier alpha value is -0.410. The van der Waals surface area contributed by atoms with Gasteiger partial charge in [-0.15, -0.1) is 0 Å². The molecule has 3 N–H and O–H groups in total. The van der Waals surface area contributed by atoms with E-state index in [1.165, 1.54) is 0 Å². The minimum absolute atomic E-state index is 0.138. The molecule has 0 rings (SSSR count). The van der Waals surface area contributed by atoms with E-state index >= 15 is 0 Å². The van der Waals surface area contributed by atoms with Crippen LogP contribution in [-0.4, -0.2) is 31.0 Å². The standard InChI is InChI=1S/C6H14N2O/c7-3-1-2-4-8-5-6-9/h4,9H,1-3,5-7H2. The number of rotatable bonds is 5. The lowest BCUT2D eigenvalue weighted by molar-refractivity contribution is 0.307. The van der Waals surface area contributed by atoms with Crippen LogP contribution < -0.4 is 5.73 Å². The van der Waals surface area contributed by atoms with Crippen LogP contribution in [-0.2, 0) is 0 Å². The lowest BCUT2D eigenvalue weighted by atomic mass is 10.3. The summed E-state index contributed by atoms with van der Waals surface area (Å²) in [5.74, 6) is 0. The number of hydrogen-bond donors (Lipinski definition) is 2. The Kier molecular flexibility index (Phi) is 7.24. The number of aliphatic hydroxyl groups excluding tert-OH is 1. The van der Waals surface area contributed by atoms with Gasteiger partial charge in [-0.1, -0.05) is 0 Å². The largest absolute Gasteiger partial charge is 0.394 e. The SMILES string of the molecule is NCCCC=NCCO. The molecule has 0 aromatic carbocycles. The van der Waals surface area contributed by atoms with Crippen LogP contribution in [0.15, 0.2) is 4.99 Å². The smallest absolute Gasteiger partial charge is 0.0626 e. The van der Waals surface area contributed by atoms with Crippen molar-refractivity contribution < 1.29 is 5.11 Å². The van der Waals surface area contributed by atoms with Gasteiger partial charge in [0.25, 0.3) is 0 Å². The van der Waals surface area contributed by atoms with Gasteiger partial charge >= 0.3 is 0 Å². The highest BCUT2D eigenvalue weighted by molar-refractivity contribution is 5.56. The monoisotopic (exact) mass is 130 g/mol. The predicted octanol–water partition coefficient (Wildman–Crippen LogP) is -0.212. The van der Waals surface area contributed by atoms with Gasteiger partial charge in [0.15, 0.2) is 0 Å². The molecule has 0 heterocycles. The predicted molar refractivity (Wildman–Crippen MR) is 38.7 cm³/mol. The number of nitrogens with two attached hydrogens (primary N) is 1. The van der Waals surface area contributed by atoms with Gasteiger partial charge in [-0.05, 0) is 25.6 Å². The van der Waals surface area contributed by atoms with Crippen LogP contribution in [0.5, 0.6) is 0 Å². The van der Waals surface area contributed by atoms with Crippen molar-refractivity contribution in [3.63, 3.8) is 0 Å². The fraction of sp³-hybridized carbons (Fsp3) is 0.833. The Morgan fingerprint density at radius 3 is 2.89 bits per heavy atom. The van der Waals surface area contributed by atoms with Crippen molar-refractivity contribution in [3.05, 3.63) is 0 Å². The van der Waals surface area contributed by atoms with Crippen molar-refractivity contribution in [1.82, 2.24) is 0 Å². The topological polar surface area (TPSA) is 58.6 Å². The van der Waals surface area contributed by atoms with E-state index in [2.05, 4.69) is 4.99 Å². The molecule has 0 aliphatic rings. The molecule has 9 heavy (non-hydrogen) atoms. The summed E-state index contributed by atoms with van der Waals surface area (Å²) in [6.45, 7) is 1.37. The van der Waals surface area contributed by atoms with E-state index in [4.69, 9.17) is 10.8 Å². The summed E-state index contributed by atoms with van der Waals surface area (Å²) in [7, 11) is 0. The van der Waals surface area contributed by atoms with Gasteiger partial charge in [-0.25, -0.2) is 0 Å². The molecule has 0 bridgehead atoms. The summed E-state index contributed by atoms with van der Waals surface area (Å²) in [4.78, 5) is 3.90. The first-order valence-corrected chi connectivity index (χ1v) is 3.21. The van der Waals surface area contributed by atoms with Crippen molar-refractivity contribution >= 4 is 6.21 Å². The molecule has 0 aromatic rings. The Balaban J connectivity index is 2.86. The van der Waals surface area contributed by atoms with Crippen LogP contribution in [0, 0.1) is 0 Å². The molecule has 0 aromatic heterocycles. The van der Waals surface area contributed by atoms with E-state index < -0.39 is 0 Å². The molecule has 0 saturated carbocycles. The maximum absolute atomic E-state index is 8.28. The zero-order chi connectivity index (χ0) is 6.95. The fourth-order valence-electron chi connectivity index (χ4n) is 0.449. The third-order valence-electron chi connectivity index (χ3n) is 0.896. The van der Waals surface area contributed by atoms with E-state index in [1.807, 2.05) is 6.21 Å². The number of aliphatic hydroxyl groups is 1. The molecule has 0 spiro atoms. The van der Waals surface area contributed by atoms with E-state index in [1.54, 1.807) is 0 Å². The van der Waals surface area contributed by atoms with Crippen molar-refractivity contribution in [2.45, 2.75) is 12.8 Å². The minimum atomic E-state index is 0.138. The van der Waals surface area contributed by atoms with Gasteiger partial charge in [0.05, 0.1) is 13.2 Å². The molecular weight excluding hydrogens is 116 g/mol. The maximum atomic E-state index is 8.28. The van der Waals surface area contributed by atoms with Crippen molar-refractivity contribution in [1.29, 1.82) is 0 Å². The summed E-state index contributed by atoms with van der Waals surface area (Å²) < 4.78 is 0. The van der Waals surface area contributed by atoms with Crippen LogP contribution in [0.3, 0.4) is 0 Å². The quantitative estimate of drug-likeness (QED) is 0.399. The summed E-state index contributed by atoms with van der Waals surface area (Å²) in [5, 5.41) is 8.28. The second-order valence-corrected chi connectivity index (χ2v) is 1.74. The van der Waals surface area contributed by atoms with Gasteiger partial charge in [0.2, 0.25) is 0 Å². The van der Waals surface area contributed by atoms with Gasteiger partial charge < -0.3 is 10.8 Å². The number of nitrogens with zero attached hydrogens (tertiary/aromatic N) is 1. The van der Waals surface area contributed by atoms with Crippen molar-refractivity contribution in [2.75, 3.05) is 19.7 Å². The summed E-state index contributed by atoms with van der Waals surface area (Å²) in [6, 6.07) is 0. The van der Waals surface area contributed by atoms with Gasteiger partial charge in [0.1, 0.15) is 0 Å². The number of aliphatic imine (C=N–C) groups is 1. The average Bonchev–Trinajstić information content (AvgIpc) is 1.89. The number of unbranched alkanes of at least 4 members (excludes halogenated alkanes) is 1. The van der Waals surface area contributed by atoms with E-state index in [9.17, 15) is 0 Å². The second kappa shape index (κ2) is 7.59. The van der Waals surface area contributed by atoms with Gasteiger partial charge in [-0.2, -0.15) is 0 Å². The summed E-state index contributed by atoms with van der Waals surface area (Å²) >= 11 is 0. The molecule has 0 amide bonds. The third-order valence-corrected chi connectivity index (χ3v) is 0.896. The fourth-order valence-corrected chi connectivity index (χ4v) is 0.449. The van der Waals surface area contributed by atoms with Crippen LogP contribution in [0.1, 0.15) is 12.8 Å². The normalized spacial score (nSPS) is 10.9. The summed E-state index contributed by atoms with van der Waals surface area (Å²) in [6.07, 6.45) is 3.72. The lowest BCUT2D eigenvalue weighted by Gasteiger charge is -1.87. The molecule has 3 heteroatoms. The Labute approximate surface area is 55.6 Å². The van der Waals surface area contributed by atoms with Crippen LogP contribution in [0.2, 0.25) is 0 Å². The van der Waals surface area contributed by atoms with Gasteiger partial charge in [-0.3, -0.25) is 4.99 Å². The zero-order valence-corrected chi connectivity index (χ0v) is 5.58.